The van der Waals surface area contributed by atoms with Gasteiger partial charge in [0.25, 0.3) is 0 Å². The highest BCUT2D eigenvalue weighted by Crippen LogP contribution is 2.44. The number of nitrogens with one attached hydrogen (secondary N) is 2. The number of quaternary nitrogens is 1. The second-order valence-electron chi connectivity index (χ2n) is 13.0. The molecular weight excluding hydrogens is 671 g/mol. The first-order valence-electron chi connectivity index (χ1n) is 16.5. The van der Waals surface area contributed by atoms with Gasteiger partial charge in [0.15, 0.2) is 0 Å². The van der Waals surface area contributed by atoms with Crippen molar-refractivity contribution < 1.29 is 56.5 Å². The van der Waals surface area contributed by atoms with Crippen LogP contribution in [0.5, 0.6) is 5.75 Å². The number of benzene rings is 3. The Balaban J connectivity index is 0.000000908. The molecule has 0 saturated carbocycles. The molecule has 1 atom stereocenters. The highest BCUT2D eigenvalue weighted by molar-refractivity contribution is 5.81. The van der Waals surface area contributed by atoms with E-state index in [0.29, 0.717) is 25.3 Å². The summed E-state index contributed by atoms with van der Waals surface area (Å²) in [5.74, 6) is -3.63. The van der Waals surface area contributed by atoms with E-state index in [0.717, 1.165) is 58.1 Å². The number of amides is 2. The zero-order valence-corrected chi connectivity index (χ0v) is 28.8. The lowest BCUT2D eigenvalue weighted by molar-refractivity contribution is -0.870. The Morgan fingerprint density at radius 3 is 1.98 bits per heavy atom. The summed E-state index contributed by atoms with van der Waals surface area (Å²) in [4.78, 5) is 45.4. The van der Waals surface area contributed by atoms with Crippen molar-refractivity contribution in [2.75, 3.05) is 47.4 Å². The summed E-state index contributed by atoms with van der Waals surface area (Å²) in [6, 6.07) is 21.9. The molecule has 4 rings (SSSR count). The van der Waals surface area contributed by atoms with Gasteiger partial charge in [-0.1, -0.05) is 60.7 Å². The summed E-state index contributed by atoms with van der Waals surface area (Å²) in [5, 5.41) is 23.9. The van der Waals surface area contributed by atoms with Crippen LogP contribution < -0.4 is 20.5 Å². The maximum atomic E-state index is 12.7. The fraction of sp³-hybridized carbons (Fsp3) is 0.405. The van der Waals surface area contributed by atoms with Crippen LogP contribution in [0.15, 0.2) is 72.8 Å². The molecule has 0 heterocycles. The summed E-state index contributed by atoms with van der Waals surface area (Å²) in [6.45, 7) is 1.94. The lowest BCUT2D eigenvalue weighted by Crippen LogP contribution is -2.42. The molecule has 0 aromatic heterocycles. The molecule has 1 aliphatic rings. The first-order chi connectivity index (χ1) is 24.0. The summed E-state index contributed by atoms with van der Waals surface area (Å²) in [5.41, 5.74) is 5.14. The number of hydrogen-bond acceptors (Lipinski definition) is 7. The van der Waals surface area contributed by atoms with Crippen LogP contribution >= 0.6 is 0 Å². The number of fused-ring (bicyclic) bond motifs is 3. The van der Waals surface area contributed by atoms with E-state index in [1.165, 1.54) is 0 Å². The number of carboxylic acid groups (broad SMARTS) is 2. The van der Waals surface area contributed by atoms with Crippen molar-refractivity contribution in [2.24, 2.45) is 0 Å². The fourth-order valence-corrected chi connectivity index (χ4v) is 5.44. The number of alkyl halides is 3. The number of nitrogens with zero attached hydrogens (tertiary/aromatic N) is 1. The minimum Gasteiger partial charge on any atom is -0.542 e. The minimum absolute atomic E-state index is 0.0257. The average Bonchev–Trinajstić information content (AvgIpc) is 3.38. The van der Waals surface area contributed by atoms with E-state index >= 15 is 0 Å². The summed E-state index contributed by atoms with van der Waals surface area (Å²) >= 11 is 0. The third-order valence-electron chi connectivity index (χ3n) is 7.95. The fourth-order valence-electron chi connectivity index (χ4n) is 5.44. The standard InChI is InChI=1S/C35H43N3O6.C2HF3O2/c1-38(2,3)21-10-4-5-15-33(39)36-20-22-43-26-18-16-25(17-19-26)23-32(34(40)41)37-35(42)44-24-31-29-13-8-6-11-27(29)28-12-7-9-14-30(28)31;3-2(4,5)1(6)7/h6-9,11-14,16-19,31-32H,4-5,10,15,20-24H2,1-3H3,(H2-,36,37,39,40,41,42);(H,6,7)/t32-;/m0./s1. The van der Waals surface area contributed by atoms with Crippen LogP contribution in [0.1, 0.15) is 48.3 Å². The number of hydrogen-bond donors (Lipinski definition) is 3. The van der Waals surface area contributed by atoms with Crippen LogP contribution in [0, 0.1) is 0 Å². The second kappa shape index (κ2) is 18.8. The van der Waals surface area contributed by atoms with Gasteiger partial charge in [-0.3, -0.25) is 4.79 Å². The highest BCUT2D eigenvalue weighted by Gasteiger charge is 2.30. The smallest absolute Gasteiger partial charge is 0.430 e. The topological polar surface area (TPSA) is 154 Å². The van der Waals surface area contributed by atoms with E-state index in [-0.39, 0.29) is 24.9 Å². The molecule has 11 nitrogen and oxygen atoms in total. The largest absolute Gasteiger partial charge is 0.542 e. The number of carbonyl (C=O) groups is 4. The Hall–Kier alpha value is -5.11. The van der Waals surface area contributed by atoms with Crippen LogP contribution in [0.4, 0.5) is 18.0 Å². The van der Waals surface area contributed by atoms with E-state index in [1.54, 1.807) is 24.3 Å². The Morgan fingerprint density at radius 2 is 1.45 bits per heavy atom. The van der Waals surface area contributed by atoms with E-state index in [2.05, 4.69) is 43.9 Å². The van der Waals surface area contributed by atoms with Gasteiger partial charge < -0.3 is 39.6 Å². The molecule has 3 aromatic carbocycles. The summed E-state index contributed by atoms with van der Waals surface area (Å²) in [6.07, 6.45) is -2.34. The van der Waals surface area contributed by atoms with Crippen LogP contribution in [0.3, 0.4) is 0 Å². The molecule has 0 radical (unpaired) electrons. The number of halogens is 3. The second-order valence-corrected chi connectivity index (χ2v) is 13.0. The van der Waals surface area contributed by atoms with E-state index in [9.17, 15) is 32.7 Å². The SMILES string of the molecule is C[N+](C)(C)CCCCCC(=O)NCCOc1ccc(C[C@H](NC(=O)OCC2c3ccccc3-c3ccccc32)C(=O)O)cc1.O=C([O-])C(F)(F)F. The maximum Gasteiger partial charge on any atom is 0.430 e. The molecular formula is C37H44F3N3O8. The number of carboxylic acids is 2. The maximum absolute atomic E-state index is 12.7. The molecule has 0 spiro atoms. The van der Waals surface area contributed by atoms with Crippen molar-refractivity contribution in [1.29, 1.82) is 0 Å². The van der Waals surface area contributed by atoms with Crippen molar-refractivity contribution in [3.8, 4) is 16.9 Å². The Labute approximate surface area is 295 Å². The van der Waals surface area contributed by atoms with Gasteiger partial charge in [0.05, 0.1) is 34.2 Å². The van der Waals surface area contributed by atoms with Crippen LogP contribution in [0.2, 0.25) is 0 Å². The molecule has 3 aromatic rings. The molecule has 2 amide bonds. The first kappa shape index (κ1) is 40.3. The average molecular weight is 716 g/mol. The molecule has 1 aliphatic carbocycles. The monoisotopic (exact) mass is 715 g/mol. The zero-order valence-electron chi connectivity index (χ0n) is 28.8. The quantitative estimate of drug-likeness (QED) is 0.147. The molecule has 0 bridgehead atoms. The predicted octanol–water partition coefficient (Wildman–Crippen LogP) is 4.28. The Bertz CT molecular complexity index is 1580. The molecule has 276 valence electrons. The highest BCUT2D eigenvalue weighted by atomic mass is 19.4. The van der Waals surface area contributed by atoms with Crippen LogP contribution in [-0.4, -0.2) is 93.2 Å². The van der Waals surface area contributed by atoms with Crippen molar-refractivity contribution in [1.82, 2.24) is 10.6 Å². The predicted molar refractivity (Wildman–Crippen MR) is 181 cm³/mol. The lowest BCUT2D eigenvalue weighted by atomic mass is 9.98. The molecule has 14 heteroatoms. The number of unbranched alkanes of at least 4 members (excludes halogenated alkanes) is 2. The molecule has 0 unspecified atom stereocenters. The van der Waals surface area contributed by atoms with Gasteiger partial charge in [0.1, 0.15) is 31.0 Å². The third kappa shape index (κ3) is 13.6. The lowest BCUT2D eigenvalue weighted by Gasteiger charge is -2.23. The van der Waals surface area contributed by atoms with Gasteiger partial charge in [-0.05, 0) is 59.2 Å². The van der Waals surface area contributed by atoms with Crippen LogP contribution in [0.25, 0.3) is 11.1 Å². The zero-order chi connectivity index (χ0) is 37.6. The number of aliphatic carboxylic acids is 2. The van der Waals surface area contributed by atoms with E-state index < -0.39 is 30.2 Å². The van der Waals surface area contributed by atoms with Crippen LogP contribution in [-0.2, 0) is 25.5 Å². The number of rotatable bonds is 16. The van der Waals surface area contributed by atoms with Gasteiger partial charge >= 0.3 is 18.2 Å². The third-order valence-corrected chi connectivity index (χ3v) is 7.95. The molecule has 0 aliphatic heterocycles. The summed E-state index contributed by atoms with van der Waals surface area (Å²) < 4.78 is 43.7. The normalized spacial score (nSPS) is 12.7. The Kier molecular flexibility index (Phi) is 14.8. The van der Waals surface area contributed by atoms with Crippen molar-refractivity contribution in [3.63, 3.8) is 0 Å². The molecule has 51 heavy (non-hydrogen) atoms. The van der Waals surface area contributed by atoms with E-state index in [4.69, 9.17) is 19.4 Å². The summed E-state index contributed by atoms with van der Waals surface area (Å²) in [7, 11) is 6.50. The van der Waals surface area contributed by atoms with Gasteiger partial charge in [0, 0.05) is 18.8 Å². The number of carbonyl (C=O) groups excluding carboxylic acids is 3. The van der Waals surface area contributed by atoms with Gasteiger partial charge in [-0.2, -0.15) is 13.2 Å². The minimum atomic E-state index is -5.19. The number of ether oxygens (including phenoxy) is 2. The Morgan fingerprint density at radius 1 is 0.882 bits per heavy atom. The van der Waals surface area contributed by atoms with Crippen molar-refractivity contribution in [3.05, 3.63) is 89.5 Å². The molecule has 0 fully saturated rings. The van der Waals surface area contributed by atoms with Gasteiger partial charge in [-0.25, -0.2) is 9.59 Å². The molecule has 0 saturated heterocycles. The van der Waals surface area contributed by atoms with Crippen molar-refractivity contribution in [2.45, 2.75) is 50.2 Å². The van der Waals surface area contributed by atoms with Gasteiger partial charge in [0.2, 0.25) is 5.91 Å². The molecule has 3 N–H and O–H groups in total. The number of alkyl carbamates (subject to hydrolysis) is 1. The van der Waals surface area contributed by atoms with Crippen molar-refractivity contribution >= 4 is 23.9 Å². The van der Waals surface area contributed by atoms with Gasteiger partial charge in [-0.15, -0.1) is 0 Å². The van der Waals surface area contributed by atoms with E-state index in [1.807, 2.05) is 36.4 Å². The first-order valence-corrected chi connectivity index (χ1v) is 16.5.